The maximum absolute atomic E-state index is 4.78. The van der Waals surface area contributed by atoms with E-state index in [2.05, 4.69) is 61.6 Å². The molecule has 0 aliphatic carbocycles. The zero-order valence-corrected chi connectivity index (χ0v) is 17.8. The summed E-state index contributed by atoms with van der Waals surface area (Å²) in [5, 5.41) is 12.3. The predicted octanol–water partition coefficient (Wildman–Crippen LogP) is 2.96. The zero-order chi connectivity index (χ0) is 21.5. The molecule has 1 saturated heterocycles. The molecule has 32 heavy (non-hydrogen) atoms. The standard InChI is InChI=1S/C23H23N9/c1-29-10-12-30(13-11-29)19-4-2-18(3-5-19)26-23-24-14-17-8-9-32(22(17)27-23)20-6-7-21-28-25-16-31(21)15-20/h2-9,14-16H,10-13H2,1H3,(H,24,26,27). The van der Waals surface area contributed by atoms with Crippen molar-refractivity contribution in [3.05, 3.63) is 67.4 Å². The molecule has 1 aromatic carbocycles. The Kier molecular flexibility index (Phi) is 4.46. The van der Waals surface area contributed by atoms with E-state index in [1.807, 2.05) is 45.8 Å². The van der Waals surface area contributed by atoms with Crippen molar-refractivity contribution in [3.63, 3.8) is 0 Å². The van der Waals surface area contributed by atoms with Crippen LogP contribution in [0.3, 0.4) is 0 Å². The van der Waals surface area contributed by atoms with Gasteiger partial charge in [-0.25, -0.2) is 4.98 Å². The number of pyridine rings is 1. The molecular weight excluding hydrogens is 402 g/mol. The maximum Gasteiger partial charge on any atom is 0.229 e. The van der Waals surface area contributed by atoms with Crippen LogP contribution in [0.15, 0.2) is 67.4 Å². The molecule has 0 atom stereocenters. The van der Waals surface area contributed by atoms with Crippen LogP contribution in [0.2, 0.25) is 0 Å². The van der Waals surface area contributed by atoms with Crippen LogP contribution < -0.4 is 10.2 Å². The SMILES string of the molecule is CN1CCN(c2ccc(Nc3ncc4ccn(-c5ccc6nncn6c5)c4n3)cc2)CC1. The summed E-state index contributed by atoms with van der Waals surface area (Å²) >= 11 is 0. The molecule has 0 radical (unpaired) electrons. The molecule has 6 rings (SSSR count). The van der Waals surface area contributed by atoms with Crippen molar-refractivity contribution < 1.29 is 0 Å². The first kappa shape index (κ1) is 18.8. The summed E-state index contributed by atoms with van der Waals surface area (Å²) < 4.78 is 3.93. The third-order valence-corrected chi connectivity index (χ3v) is 5.97. The highest BCUT2D eigenvalue weighted by atomic mass is 15.2. The normalized spacial score (nSPS) is 15.0. The van der Waals surface area contributed by atoms with E-state index in [1.54, 1.807) is 6.33 Å². The van der Waals surface area contributed by atoms with Gasteiger partial charge in [0.05, 0.1) is 5.69 Å². The van der Waals surface area contributed by atoms with Crippen LogP contribution in [0.5, 0.6) is 0 Å². The summed E-state index contributed by atoms with van der Waals surface area (Å²) in [7, 11) is 2.17. The van der Waals surface area contributed by atoms with Crippen LogP contribution in [0.25, 0.3) is 22.4 Å². The van der Waals surface area contributed by atoms with Gasteiger partial charge in [-0.15, -0.1) is 10.2 Å². The molecule has 0 saturated carbocycles. The van der Waals surface area contributed by atoms with Crippen molar-refractivity contribution in [2.24, 2.45) is 0 Å². The quantitative estimate of drug-likeness (QED) is 0.474. The number of nitrogens with zero attached hydrogens (tertiary/aromatic N) is 8. The fourth-order valence-electron chi connectivity index (χ4n) is 4.09. The van der Waals surface area contributed by atoms with Gasteiger partial charge in [0.15, 0.2) is 5.65 Å². The number of likely N-dealkylation sites (N-methyl/N-ethyl adjacent to an activating group) is 1. The third-order valence-electron chi connectivity index (χ3n) is 5.97. The largest absolute Gasteiger partial charge is 0.369 e. The Labute approximate surface area is 185 Å². The second-order valence-corrected chi connectivity index (χ2v) is 8.10. The van der Waals surface area contributed by atoms with Gasteiger partial charge in [-0.05, 0) is 49.5 Å². The molecule has 5 heterocycles. The van der Waals surface area contributed by atoms with Gasteiger partial charge < -0.3 is 15.1 Å². The highest BCUT2D eigenvalue weighted by Gasteiger charge is 2.14. The molecule has 9 heteroatoms. The fourth-order valence-corrected chi connectivity index (χ4v) is 4.09. The molecule has 1 fully saturated rings. The highest BCUT2D eigenvalue weighted by Crippen LogP contribution is 2.23. The van der Waals surface area contributed by atoms with Crippen molar-refractivity contribution in [2.45, 2.75) is 0 Å². The lowest BCUT2D eigenvalue weighted by Crippen LogP contribution is -2.44. The summed E-state index contributed by atoms with van der Waals surface area (Å²) in [6.07, 6.45) is 7.52. The van der Waals surface area contributed by atoms with Crippen LogP contribution >= 0.6 is 0 Å². The Morgan fingerprint density at radius 2 is 1.72 bits per heavy atom. The number of piperazine rings is 1. The van der Waals surface area contributed by atoms with Crippen molar-refractivity contribution in [1.82, 2.24) is 34.0 Å². The molecule has 160 valence electrons. The number of aromatic nitrogens is 6. The van der Waals surface area contributed by atoms with Crippen molar-refractivity contribution in [3.8, 4) is 5.69 Å². The molecule has 4 aromatic heterocycles. The Bertz CT molecular complexity index is 1380. The van der Waals surface area contributed by atoms with E-state index in [4.69, 9.17) is 4.98 Å². The summed E-state index contributed by atoms with van der Waals surface area (Å²) in [5.41, 5.74) is 4.84. The number of nitrogens with one attached hydrogen (secondary N) is 1. The lowest BCUT2D eigenvalue weighted by Gasteiger charge is -2.34. The molecule has 1 aliphatic heterocycles. The van der Waals surface area contributed by atoms with E-state index >= 15 is 0 Å². The minimum Gasteiger partial charge on any atom is -0.369 e. The Hall–Kier alpha value is -3.98. The molecular formula is C23H23N9. The third kappa shape index (κ3) is 3.42. The Morgan fingerprint density at radius 1 is 0.906 bits per heavy atom. The number of hydrogen-bond donors (Lipinski definition) is 1. The highest BCUT2D eigenvalue weighted by molar-refractivity contribution is 5.79. The smallest absolute Gasteiger partial charge is 0.229 e. The molecule has 0 spiro atoms. The first-order valence-electron chi connectivity index (χ1n) is 10.7. The summed E-state index contributed by atoms with van der Waals surface area (Å²) in [6, 6.07) is 14.4. The second kappa shape index (κ2) is 7.61. The van der Waals surface area contributed by atoms with E-state index in [0.717, 1.165) is 54.2 Å². The Balaban J connectivity index is 1.25. The lowest BCUT2D eigenvalue weighted by molar-refractivity contribution is 0.313. The number of fused-ring (bicyclic) bond motifs is 2. The average molecular weight is 426 g/mol. The molecule has 1 aliphatic rings. The first-order chi connectivity index (χ1) is 15.7. The van der Waals surface area contributed by atoms with Crippen LogP contribution in [-0.2, 0) is 0 Å². The summed E-state index contributed by atoms with van der Waals surface area (Å²) in [5.74, 6) is 0.565. The van der Waals surface area contributed by atoms with Gasteiger partial charge in [0, 0.05) is 61.5 Å². The minimum absolute atomic E-state index is 0.565. The summed E-state index contributed by atoms with van der Waals surface area (Å²) in [4.78, 5) is 14.1. The van der Waals surface area contributed by atoms with E-state index in [0.29, 0.717) is 5.95 Å². The van der Waals surface area contributed by atoms with Crippen molar-refractivity contribution in [2.75, 3.05) is 43.4 Å². The van der Waals surface area contributed by atoms with Crippen molar-refractivity contribution >= 4 is 34.0 Å². The van der Waals surface area contributed by atoms with Gasteiger partial charge in [-0.1, -0.05) is 0 Å². The molecule has 9 nitrogen and oxygen atoms in total. The minimum atomic E-state index is 0.565. The van der Waals surface area contributed by atoms with Gasteiger partial charge in [-0.2, -0.15) is 4.98 Å². The van der Waals surface area contributed by atoms with Gasteiger partial charge in [-0.3, -0.25) is 8.97 Å². The second-order valence-electron chi connectivity index (χ2n) is 8.10. The maximum atomic E-state index is 4.78. The van der Waals surface area contributed by atoms with E-state index in [1.165, 1.54) is 5.69 Å². The average Bonchev–Trinajstić information content (AvgIpc) is 3.46. The number of anilines is 3. The van der Waals surface area contributed by atoms with Crippen molar-refractivity contribution in [1.29, 1.82) is 0 Å². The van der Waals surface area contributed by atoms with Gasteiger partial charge in [0.1, 0.15) is 12.0 Å². The number of hydrogen-bond acceptors (Lipinski definition) is 7. The number of rotatable bonds is 4. The number of benzene rings is 1. The zero-order valence-electron chi connectivity index (χ0n) is 17.8. The van der Waals surface area contributed by atoms with Crippen LogP contribution in [-0.4, -0.2) is 67.3 Å². The predicted molar refractivity (Wildman–Crippen MR) is 125 cm³/mol. The van der Waals surface area contributed by atoms with Crippen LogP contribution in [0.4, 0.5) is 17.3 Å². The molecule has 5 aromatic rings. The molecule has 0 amide bonds. The first-order valence-corrected chi connectivity index (χ1v) is 10.7. The monoisotopic (exact) mass is 425 g/mol. The van der Waals surface area contributed by atoms with Crippen LogP contribution in [0, 0.1) is 0 Å². The van der Waals surface area contributed by atoms with E-state index in [-0.39, 0.29) is 0 Å². The summed E-state index contributed by atoms with van der Waals surface area (Å²) in [6.45, 7) is 4.30. The molecule has 0 bridgehead atoms. The van der Waals surface area contributed by atoms with Gasteiger partial charge in [0.25, 0.3) is 0 Å². The lowest BCUT2D eigenvalue weighted by atomic mass is 10.2. The topological polar surface area (TPSA) is 79.4 Å². The Morgan fingerprint density at radius 3 is 2.56 bits per heavy atom. The van der Waals surface area contributed by atoms with Gasteiger partial charge in [0.2, 0.25) is 5.95 Å². The fraction of sp³-hybridized carbons (Fsp3) is 0.217. The van der Waals surface area contributed by atoms with E-state index < -0.39 is 0 Å². The van der Waals surface area contributed by atoms with Gasteiger partial charge >= 0.3 is 0 Å². The van der Waals surface area contributed by atoms with E-state index in [9.17, 15) is 0 Å². The molecule has 0 unspecified atom stereocenters. The van der Waals surface area contributed by atoms with Crippen LogP contribution in [0.1, 0.15) is 0 Å². The molecule has 1 N–H and O–H groups in total.